The number of carboxylic acids is 2. The summed E-state index contributed by atoms with van der Waals surface area (Å²) in [6, 6.07) is -1.00. The Morgan fingerprint density at radius 2 is 1.21 bits per heavy atom. The summed E-state index contributed by atoms with van der Waals surface area (Å²) in [5.74, 6) is 1.53. The van der Waals surface area contributed by atoms with Crippen molar-refractivity contribution in [2.24, 2.45) is 23.7 Å². The first kappa shape index (κ1) is 37.5. The van der Waals surface area contributed by atoms with Crippen LogP contribution in [0.15, 0.2) is 11.6 Å². The summed E-state index contributed by atoms with van der Waals surface area (Å²) >= 11 is 1.46. The van der Waals surface area contributed by atoms with E-state index in [2.05, 4.69) is 52.9 Å². The van der Waals surface area contributed by atoms with Crippen molar-refractivity contribution in [3.8, 4) is 0 Å². The van der Waals surface area contributed by atoms with E-state index in [0.29, 0.717) is 5.75 Å². The van der Waals surface area contributed by atoms with E-state index in [-0.39, 0.29) is 18.6 Å². The lowest BCUT2D eigenvalue weighted by atomic mass is 9.90. The van der Waals surface area contributed by atoms with Crippen LogP contribution in [0.4, 0.5) is 0 Å². The second-order valence-corrected chi connectivity index (χ2v) is 13.4. The highest BCUT2D eigenvalue weighted by atomic mass is 32.2. The third-order valence-corrected chi connectivity index (χ3v) is 8.54. The number of hydrogen-bond donors (Lipinski definition) is 3. The Morgan fingerprint density at radius 1 is 0.718 bits per heavy atom. The monoisotopic (exact) mass is 569 g/mol. The molecule has 6 nitrogen and oxygen atoms in total. The first-order chi connectivity index (χ1) is 18.4. The van der Waals surface area contributed by atoms with Gasteiger partial charge in [-0.3, -0.25) is 9.59 Å². The smallest absolute Gasteiger partial charge is 0.327 e. The molecular weight excluding hydrogens is 510 g/mol. The van der Waals surface area contributed by atoms with E-state index < -0.39 is 23.9 Å². The molecule has 4 unspecified atom stereocenters. The lowest BCUT2D eigenvalue weighted by Crippen LogP contribution is -2.42. The summed E-state index contributed by atoms with van der Waals surface area (Å²) in [6.07, 6.45) is 17.4. The Morgan fingerprint density at radius 3 is 1.67 bits per heavy atom. The fourth-order valence-corrected chi connectivity index (χ4v) is 5.82. The maximum atomic E-state index is 11.7. The van der Waals surface area contributed by atoms with Gasteiger partial charge in [-0.15, -0.1) is 0 Å². The van der Waals surface area contributed by atoms with Gasteiger partial charge in [-0.25, -0.2) is 4.79 Å². The SMILES string of the molecule is C/C(=C\CSCC(NC(=O)CCC(=O)O)C(=O)O)CCCC(C)CCCC(C)CCCC(C)CCCC(C)C. The van der Waals surface area contributed by atoms with Gasteiger partial charge in [0.1, 0.15) is 6.04 Å². The number of carbonyl (C=O) groups is 3. The van der Waals surface area contributed by atoms with Crippen LogP contribution in [0.25, 0.3) is 0 Å². The maximum Gasteiger partial charge on any atom is 0.327 e. The lowest BCUT2D eigenvalue weighted by molar-refractivity contribution is -0.141. The van der Waals surface area contributed by atoms with E-state index >= 15 is 0 Å². The third kappa shape index (κ3) is 24.1. The van der Waals surface area contributed by atoms with Crippen LogP contribution in [0.5, 0.6) is 0 Å². The van der Waals surface area contributed by atoms with E-state index in [4.69, 9.17) is 5.11 Å². The molecule has 0 radical (unpaired) electrons. The lowest BCUT2D eigenvalue weighted by Gasteiger charge is -2.16. The highest BCUT2D eigenvalue weighted by Gasteiger charge is 2.20. The highest BCUT2D eigenvalue weighted by molar-refractivity contribution is 7.99. The number of rotatable bonds is 25. The van der Waals surface area contributed by atoms with Crippen LogP contribution >= 0.6 is 11.8 Å². The minimum absolute atomic E-state index is 0.210. The number of carboxylic acid groups (broad SMARTS) is 2. The van der Waals surface area contributed by atoms with Crippen LogP contribution in [0.3, 0.4) is 0 Å². The molecular formula is C32H59NO5S. The number of amides is 1. The summed E-state index contributed by atoms with van der Waals surface area (Å²) in [5.41, 5.74) is 1.32. The minimum atomic E-state index is -1.10. The molecule has 0 aromatic rings. The molecule has 0 aliphatic heterocycles. The molecule has 7 heteroatoms. The zero-order chi connectivity index (χ0) is 29.6. The van der Waals surface area contributed by atoms with Crippen molar-refractivity contribution >= 4 is 29.6 Å². The Bertz CT molecular complexity index is 709. The molecule has 0 aromatic carbocycles. The zero-order valence-electron chi connectivity index (χ0n) is 25.8. The Hall–Kier alpha value is -1.50. The summed E-state index contributed by atoms with van der Waals surface area (Å²) in [7, 11) is 0. The molecule has 0 aliphatic carbocycles. The van der Waals surface area contributed by atoms with E-state index in [0.717, 1.165) is 30.1 Å². The van der Waals surface area contributed by atoms with Gasteiger partial charge in [0, 0.05) is 17.9 Å². The van der Waals surface area contributed by atoms with E-state index in [1.54, 1.807) is 0 Å². The maximum absolute atomic E-state index is 11.7. The molecule has 0 heterocycles. The van der Waals surface area contributed by atoms with Crippen molar-refractivity contribution in [2.75, 3.05) is 11.5 Å². The Kier molecular flexibility index (Phi) is 22.3. The van der Waals surface area contributed by atoms with Gasteiger partial charge < -0.3 is 15.5 Å². The number of hydrogen-bond acceptors (Lipinski definition) is 4. The fourth-order valence-electron chi connectivity index (χ4n) is 4.82. The van der Waals surface area contributed by atoms with Crippen molar-refractivity contribution in [3.05, 3.63) is 11.6 Å². The first-order valence-electron chi connectivity index (χ1n) is 15.4. The van der Waals surface area contributed by atoms with Crippen LogP contribution in [-0.2, 0) is 14.4 Å². The van der Waals surface area contributed by atoms with Crippen molar-refractivity contribution < 1.29 is 24.6 Å². The first-order valence-corrected chi connectivity index (χ1v) is 16.5. The van der Waals surface area contributed by atoms with Gasteiger partial charge in [-0.2, -0.15) is 11.8 Å². The van der Waals surface area contributed by atoms with Gasteiger partial charge in [0.05, 0.1) is 6.42 Å². The Balaban J connectivity index is 3.95. The normalized spacial score (nSPS) is 15.1. The molecule has 0 saturated heterocycles. The third-order valence-electron chi connectivity index (χ3n) is 7.57. The van der Waals surface area contributed by atoms with Crippen LogP contribution in [0, 0.1) is 23.7 Å². The molecule has 0 rings (SSSR count). The quantitative estimate of drug-likeness (QED) is 0.0754. The molecule has 0 saturated carbocycles. The molecule has 0 aliphatic rings. The second kappa shape index (κ2) is 23.2. The summed E-state index contributed by atoms with van der Waals surface area (Å²) in [5, 5.41) is 20.4. The van der Waals surface area contributed by atoms with Crippen molar-refractivity contribution in [1.82, 2.24) is 5.32 Å². The summed E-state index contributed by atoms with van der Waals surface area (Å²) in [6.45, 7) is 14.0. The Labute approximate surface area is 243 Å². The molecule has 0 bridgehead atoms. The standard InChI is InChI=1S/C32H59NO5S/c1-24(2)11-7-12-25(3)13-8-14-26(4)15-9-16-27(5)17-10-18-28(6)21-22-39-23-29(32(37)38)33-30(34)19-20-31(35)36/h21,24-27,29H,7-20,22-23H2,1-6H3,(H,33,34)(H,35,36)(H,37,38)/b28-21+. The number of aliphatic carboxylic acids is 2. The van der Waals surface area contributed by atoms with Gasteiger partial charge >= 0.3 is 11.9 Å². The number of allylic oxidation sites excluding steroid dienone is 1. The topological polar surface area (TPSA) is 104 Å². The van der Waals surface area contributed by atoms with E-state index in [1.165, 1.54) is 88.0 Å². The minimum Gasteiger partial charge on any atom is -0.481 e. The largest absolute Gasteiger partial charge is 0.481 e. The molecule has 0 spiro atoms. The highest BCUT2D eigenvalue weighted by Crippen LogP contribution is 2.23. The van der Waals surface area contributed by atoms with Gasteiger partial charge in [0.25, 0.3) is 0 Å². The number of carbonyl (C=O) groups excluding carboxylic acids is 1. The second-order valence-electron chi connectivity index (χ2n) is 12.3. The van der Waals surface area contributed by atoms with Crippen molar-refractivity contribution in [3.63, 3.8) is 0 Å². The van der Waals surface area contributed by atoms with Crippen LogP contribution < -0.4 is 5.32 Å². The number of thioether (sulfide) groups is 1. The summed E-state index contributed by atoms with van der Waals surface area (Å²) < 4.78 is 0. The van der Waals surface area contributed by atoms with Crippen LogP contribution in [0.2, 0.25) is 0 Å². The molecule has 4 atom stereocenters. The molecule has 228 valence electrons. The predicted molar refractivity (Wildman–Crippen MR) is 165 cm³/mol. The fraction of sp³-hybridized carbons (Fsp3) is 0.844. The predicted octanol–water partition coefficient (Wildman–Crippen LogP) is 8.35. The molecule has 0 fully saturated rings. The number of nitrogens with one attached hydrogen (secondary N) is 1. The van der Waals surface area contributed by atoms with Gasteiger partial charge in [-0.1, -0.05) is 110 Å². The van der Waals surface area contributed by atoms with E-state index in [1.807, 2.05) is 0 Å². The average molecular weight is 570 g/mol. The van der Waals surface area contributed by atoms with Crippen molar-refractivity contribution in [1.29, 1.82) is 0 Å². The molecule has 3 N–H and O–H groups in total. The molecule has 39 heavy (non-hydrogen) atoms. The molecule has 1 amide bonds. The zero-order valence-corrected chi connectivity index (χ0v) is 26.6. The average Bonchev–Trinajstić information content (AvgIpc) is 2.84. The van der Waals surface area contributed by atoms with E-state index in [9.17, 15) is 19.5 Å². The van der Waals surface area contributed by atoms with Crippen LogP contribution in [0.1, 0.15) is 131 Å². The molecule has 0 aromatic heterocycles. The van der Waals surface area contributed by atoms with Gasteiger partial charge in [0.15, 0.2) is 0 Å². The van der Waals surface area contributed by atoms with Crippen LogP contribution in [-0.4, -0.2) is 45.6 Å². The summed E-state index contributed by atoms with van der Waals surface area (Å²) in [4.78, 5) is 33.7. The van der Waals surface area contributed by atoms with Gasteiger partial charge in [-0.05, 0) is 43.4 Å². The van der Waals surface area contributed by atoms with Gasteiger partial charge in [0.2, 0.25) is 5.91 Å². The van der Waals surface area contributed by atoms with Crippen molar-refractivity contribution in [2.45, 2.75) is 137 Å².